The van der Waals surface area contributed by atoms with E-state index < -0.39 is 0 Å². The minimum Gasteiger partial charge on any atom is -0.396 e. The van der Waals surface area contributed by atoms with Crippen molar-refractivity contribution in [3.8, 4) is 0 Å². The lowest BCUT2D eigenvalue weighted by Crippen LogP contribution is -2.20. The summed E-state index contributed by atoms with van der Waals surface area (Å²) in [6.07, 6.45) is 1.02. The molecule has 1 aromatic carbocycles. The lowest BCUT2D eigenvalue weighted by molar-refractivity contribution is 0.238. The summed E-state index contributed by atoms with van der Waals surface area (Å²) in [4.78, 5) is 2.18. The molecule has 0 amide bonds. The van der Waals surface area contributed by atoms with Crippen LogP contribution in [0.3, 0.4) is 0 Å². The van der Waals surface area contributed by atoms with Gasteiger partial charge in [0, 0.05) is 31.3 Å². The van der Waals surface area contributed by atoms with E-state index >= 15 is 0 Å². The maximum Gasteiger partial charge on any atom is 0.123 e. The molecule has 1 aliphatic rings. The van der Waals surface area contributed by atoms with Crippen LogP contribution >= 0.6 is 0 Å². The number of aliphatic hydroxyl groups excluding tert-OH is 1. The van der Waals surface area contributed by atoms with Crippen LogP contribution in [0, 0.1) is 11.7 Å². The molecule has 2 nitrogen and oxygen atoms in total. The minimum atomic E-state index is -0.202. The maximum atomic E-state index is 12.7. The number of hydrogen-bond acceptors (Lipinski definition) is 2. The van der Waals surface area contributed by atoms with E-state index in [0.29, 0.717) is 5.92 Å². The molecule has 1 saturated heterocycles. The number of nitrogens with zero attached hydrogens (tertiary/aromatic N) is 1. The molecule has 0 bridgehead atoms. The van der Waals surface area contributed by atoms with Crippen molar-refractivity contribution in [1.29, 1.82) is 0 Å². The van der Waals surface area contributed by atoms with Gasteiger partial charge in [0.2, 0.25) is 0 Å². The molecular formula is C11H14FNO. The van der Waals surface area contributed by atoms with E-state index in [1.54, 1.807) is 12.1 Å². The van der Waals surface area contributed by atoms with Crippen LogP contribution in [-0.4, -0.2) is 24.8 Å². The third-order valence-corrected chi connectivity index (χ3v) is 2.74. The number of rotatable bonds is 2. The molecule has 0 aliphatic carbocycles. The highest BCUT2D eigenvalue weighted by Gasteiger charge is 2.21. The van der Waals surface area contributed by atoms with E-state index in [-0.39, 0.29) is 12.4 Å². The highest BCUT2D eigenvalue weighted by molar-refractivity contribution is 5.47. The second-order valence-corrected chi connectivity index (χ2v) is 3.76. The molecule has 14 heavy (non-hydrogen) atoms. The van der Waals surface area contributed by atoms with Gasteiger partial charge in [-0.2, -0.15) is 0 Å². The predicted molar refractivity (Wildman–Crippen MR) is 53.8 cm³/mol. The van der Waals surface area contributed by atoms with Crippen LogP contribution in [-0.2, 0) is 0 Å². The van der Waals surface area contributed by atoms with Gasteiger partial charge < -0.3 is 10.0 Å². The fourth-order valence-corrected chi connectivity index (χ4v) is 1.87. The van der Waals surface area contributed by atoms with Gasteiger partial charge in [-0.25, -0.2) is 4.39 Å². The van der Waals surface area contributed by atoms with E-state index in [4.69, 9.17) is 5.11 Å². The zero-order chi connectivity index (χ0) is 9.97. The Morgan fingerprint density at radius 2 is 2.07 bits per heavy atom. The van der Waals surface area contributed by atoms with Crippen molar-refractivity contribution in [2.75, 3.05) is 24.6 Å². The summed E-state index contributed by atoms with van der Waals surface area (Å²) in [7, 11) is 0. The molecule has 0 spiro atoms. The van der Waals surface area contributed by atoms with Gasteiger partial charge in [-0.15, -0.1) is 0 Å². The molecule has 1 aromatic rings. The Bertz CT molecular complexity index is 299. The normalized spacial score (nSPS) is 21.6. The van der Waals surface area contributed by atoms with Crippen LogP contribution in [0.15, 0.2) is 24.3 Å². The van der Waals surface area contributed by atoms with Gasteiger partial charge in [0.1, 0.15) is 5.82 Å². The van der Waals surface area contributed by atoms with Crippen LogP contribution in [0.25, 0.3) is 0 Å². The van der Waals surface area contributed by atoms with Gasteiger partial charge >= 0.3 is 0 Å². The summed E-state index contributed by atoms with van der Waals surface area (Å²) in [6, 6.07) is 6.52. The average Bonchev–Trinajstić information content (AvgIpc) is 2.67. The summed E-state index contributed by atoms with van der Waals surface area (Å²) in [5.41, 5.74) is 1.04. The van der Waals surface area contributed by atoms with E-state index in [1.807, 2.05) is 0 Å². The fourth-order valence-electron chi connectivity index (χ4n) is 1.87. The monoisotopic (exact) mass is 195 g/mol. The van der Waals surface area contributed by atoms with Gasteiger partial charge in [0.15, 0.2) is 0 Å². The summed E-state index contributed by atoms with van der Waals surface area (Å²) < 4.78 is 12.7. The van der Waals surface area contributed by atoms with E-state index in [0.717, 1.165) is 25.2 Å². The van der Waals surface area contributed by atoms with Crippen molar-refractivity contribution in [1.82, 2.24) is 0 Å². The molecule has 0 unspecified atom stereocenters. The lowest BCUT2D eigenvalue weighted by atomic mass is 10.1. The first-order valence-electron chi connectivity index (χ1n) is 4.91. The van der Waals surface area contributed by atoms with Crippen LogP contribution in [0.4, 0.5) is 10.1 Å². The van der Waals surface area contributed by atoms with Crippen LogP contribution in [0.2, 0.25) is 0 Å². The molecule has 1 fully saturated rings. The molecule has 1 atom stereocenters. The third kappa shape index (κ3) is 1.87. The first-order valence-corrected chi connectivity index (χ1v) is 4.91. The third-order valence-electron chi connectivity index (χ3n) is 2.74. The van der Waals surface area contributed by atoms with E-state index in [1.165, 1.54) is 12.1 Å². The predicted octanol–water partition coefficient (Wildman–Crippen LogP) is 1.64. The van der Waals surface area contributed by atoms with Crippen molar-refractivity contribution in [2.24, 2.45) is 5.92 Å². The Balaban J connectivity index is 2.06. The highest BCUT2D eigenvalue weighted by Crippen LogP contribution is 2.23. The largest absolute Gasteiger partial charge is 0.396 e. The summed E-state index contributed by atoms with van der Waals surface area (Å²) in [5, 5.41) is 8.99. The van der Waals surface area contributed by atoms with E-state index in [9.17, 15) is 4.39 Å². The molecule has 1 N–H and O–H groups in total. The van der Waals surface area contributed by atoms with Crippen LogP contribution in [0.1, 0.15) is 6.42 Å². The molecule has 1 aliphatic heterocycles. The number of hydrogen-bond donors (Lipinski definition) is 1. The smallest absolute Gasteiger partial charge is 0.123 e. The number of aliphatic hydroxyl groups is 1. The Kier molecular flexibility index (Phi) is 2.68. The Morgan fingerprint density at radius 3 is 2.64 bits per heavy atom. The van der Waals surface area contributed by atoms with Crippen molar-refractivity contribution < 1.29 is 9.50 Å². The van der Waals surface area contributed by atoms with Crippen molar-refractivity contribution >= 4 is 5.69 Å². The second-order valence-electron chi connectivity index (χ2n) is 3.76. The van der Waals surface area contributed by atoms with Gasteiger partial charge in [0.25, 0.3) is 0 Å². The van der Waals surface area contributed by atoms with Gasteiger partial charge in [-0.1, -0.05) is 0 Å². The zero-order valence-electron chi connectivity index (χ0n) is 7.99. The van der Waals surface area contributed by atoms with Crippen LogP contribution < -0.4 is 4.90 Å². The van der Waals surface area contributed by atoms with Gasteiger partial charge in [-0.3, -0.25) is 0 Å². The molecular weight excluding hydrogens is 181 g/mol. The quantitative estimate of drug-likeness (QED) is 0.775. The standard InChI is InChI=1S/C11H14FNO/c12-10-1-3-11(4-2-10)13-6-5-9(7-13)8-14/h1-4,9,14H,5-8H2/t9-/m1/s1. The average molecular weight is 195 g/mol. The fraction of sp³-hybridized carbons (Fsp3) is 0.455. The Morgan fingerprint density at radius 1 is 1.36 bits per heavy atom. The van der Waals surface area contributed by atoms with Crippen LogP contribution in [0.5, 0.6) is 0 Å². The second kappa shape index (κ2) is 3.96. The first-order chi connectivity index (χ1) is 6.79. The van der Waals surface area contributed by atoms with Crippen molar-refractivity contribution in [2.45, 2.75) is 6.42 Å². The van der Waals surface area contributed by atoms with Crippen molar-refractivity contribution in [3.05, 3.63) is 30.1 Å². The topological polar surface area (TPSA) is 23.5 Å². The highest BCUT2D eigenvalue weighted by atomic mass is 19.1. The molecule has 76 valence electrons. The van der Waals surface area contributed by atoms with Gasteiger partial charge in [0.05, 0.1) is 0 Å². The number of benzene rings is 1. The molecule has 0 aromatic heterocycles. The Labute approximate surface area is 83.0 Å². The SMILES string of the molecule is OC[C@@H]1CCN(c2ccc(F)cc2)C1. The molecule has 1 heterocycles. The number of anilines is 1. The van der Waals surface area contributed by atoms with E-state index in [2.05, 4.69) is 4.90 Å². The molecule has 0 saturated carbocycles. The summed E-state index contributed by atoms with van der Waals surface area (Å²) in [6.45, 7) is 2.08. The number of halogens is 1. The first kappa shape index (κ1) is 9.46. The van der Waals surface area contributed by atoms with Gasteiger partial charge in [-0.05, 0) is 30.7 Å². The summed E-state index contributed by atoms with van der Waals surface area (Å²) in [5.74, 6) is 0.173. The molecule has 3 heteroatoms. The summed E-state index contributed by atoms with van der Waals surface area (Å²) >= 11 is 0. The minimum absolute atomic E-state index is 0.202. The van der Waals surface area contributed by atoms with Crippen molar-refractivity contribution in [3.63, 3.8) is 0 Å². The Hall–Kier alpha value is -1.09. The molecule has 0 radical (unpaired) electrons. The molecule has 2 rings (SSSR count). The zero-order valence-corrected chi connectivity index (χ0v) is 7.99. The lowest BCUT2D eigenvalue weighted by Gasteiger charge is -2.18. The maximum absolute atomic E-state index is 12.7.